The van der Waals surface area contributed by atoms with Crippen molar-refractivity contribution in [2.24, 2.45) is 0 Å². The molecule has 0 aliphatic rings. The van der Waals surface area contributed by atoms with Gasteiger partial charge in [0.2, 0.25) is 0 Å². The fourth-order valence-electron chi connectivity index (χ4n) is 1.65. The molecule has 0 amide bonds. The molecule has 1 unspecified atom stereocenters. The Labute approximate surface area is 104 Å². The quantitative estimate of drug-likeness (QED) is 0.612. The van der Waals surface area contributed by atoms with Crippen LogP contribution in [0.2, 0.25) is 0 Å². The van der Waals surface area contributed by atoms with Gasteiger partial charge in [0, 0.05) is 5.54 Å². The normalized spacial score (nSPS) is 14.8. The number of rotatable bonds is 7. The smallest absolute Gasteiger partial charge is 0.0906 e. The first-order valence-corrected chi connectivity index (χ1v) is 6.50. The minimum Gasteiger partial charge on any atom is -0.309 e. The Bertz CT molecular complexity index is 175. The third kappa shape index (κ3) is 6.54. The topological polar surface area (TPSA) is 6.48 Å². The van der Waals surface area contributed by atoms with Crippen LogP contribution in [-0.2, 0) is 0 Å². The molecule has 0 aromatic rings. The van der Waals surface area contributed by atoms with E-state index in [0.717, 1.165) is 19.6 Å². The van der Waals surface area contributed by atoms with Crippen LogP contribution >= 0.6 is 0 Å². The zero-order valence-corrected chi connectivity index (χ0v) is 12.1. The molecule has 2 nitrogen and oxygen atoms in total. The molecule has 0 saturated heterocycles. The maximum atomic E-state index is 5.94. The van der Waals surface area contributed by atoms with Crippen molar-refractivity contribution in [1.29, 1.82) is 0 Å². The summed E-state index contributed by atoms with van der Waals surface area (Å²) in [6.07, 6.45) is 2.37. The minimum atomic E-state index is 0.180. The van der Waals surface area contributed by atoms with Gasteiger partial charge < -0.3 is 9.80 Å². The first-order valence-electron chi connectivity index (χ1n) is 6.50. The first kappa shape index (κ1) is 16.0. The van der Waals surface area contributed by atoms with Crippen LogP contribution in [0, 0.1) is 0 Å². The highest BCUT2D eigenvalue weighted by atomic mass is 15.2. The largest absolute Gasteiger partial charge is 0.309 e. The maximum absolute atomic E-state index is 5.94. The third-order valence-electron chi connectivity index (χ3n) is 3.17. The zero-order valence-electron chi connectivity index (χ0n) is 12.1. The molecule has 0 N–H and O–H groups in total. The predicted octanol–water partition coefficient (Wildman–Crippen LogP) is 2.33. The van der Waals surface area contributed by atoms with Crippen molar-refractivity contribution in [3.05, 3.63) is 0 Å². The zero-order chi connectivity index (χ0) is 12.8. The summed E-state index contributed by atoms with van der Waals surface area (Å²) in [5, 5.41) is 0. The van der Waals surface area contributed by atoms with Crippen LogP contribution < -0.4 is 0 Å². The summed E-state index contributed by atoms with van der Waals surface area (Å²) in [6.45, 7) is 14.4. The van der Waals surface area contributed by atoms with Crippen LogP contribution in [-0.4, -0.2) is 55.8 Å². The minimum absolute atomic E-state index is 0.180. The summed E-state index contributed by atoms with van der Waals surface area (Å²) in [5.41, 5.74) is 0.268. The Morgan fingerprint density at radius 1 is 1.12 bits per heavy atom. The molecular formula is C13H29BN2. The van der Waals surface area contributed by atoms with Crippen LogP contribution in [0.25, 0.3) is 0 Å². The molecule has 0 aliphatic heterocycles. The monoisotopic (exact) mass is 224 g/mol. The summed E-state index contributed by atoms with van der Waals surface area (Å²) in [6, 6.07) is 0. The Morgan fingerprint density at radius 3 is 2.06 bits per heavy atom. The van der Waals surface area contributed by atoms with E-state index in [-0.39, 0.29) is 11.5 Å². The van der Waals surface area contributed by atoms with E-state index in [1.165, 1.54) is 12.8 Å². The van der Waals surface area contributed by atoms with Crippen LogP contribution in [0.1, 0.15) is 47.5 Å². The summed E-state index contributed by atoms with van der Waals surface area (Å²) in [7, 11) is 8.13. The molecule has 94 valence electrons. The highest BCUT2D eigenvalue weighted by Crippen LogP contribution is 2.10. The summed E-state index contributed by atoms with van der Waals surface area (Å²) in [5.74, 6) is 0.180. The second kappa shape index (κ2) is 7.34. The van der Waals surface area contributed by atoms with Gasteiger partial charge in [0.05, 0.1) is 7.85 Å². The predicted molar refractivity (Wildman–Crippen MR) is 74.1 cm³/mol. The average molecular weight is 224 g/mol. The van der Waals surface area contributed by atoms with Gasteiger partial charge in [-0.25, -0.2) is 0 Å². The van der Waals surface area contributed by atoms with Gasteiger partial charge in [-0.15, -0.1) is 0 Å². The molecule has 0 bridgehead atoms. The van der Waals surface area contributed by atoms with E-state index < -0.39 is 0 Å². The van der Waals surface area contributed by atoms with Crippen molar-refractivity contribution in [1.82, 2.24) is 9.80 Å². The van der Waals surface area contributed by atoms with E-state index in [9.17, 15) is 0 Å². The third-order valence-corrected chi connectivity index (χ3v) is 3.17. The van der Waals surface area contributed by atoms with E-state index in [2.05, 4.69) is 51.5 Å². The van der Waals surface area contributed by atoms with Crippen molar-refractivity contribution in [3.8, 4) is 0 Å². The van der Waals surface area contributed by atoms with E-state index in [0.29, 0.717) is 0 Å². The van der Waals surface area contributed by atoms with Crippen molar-refractivity contribution in [3.63, 3.8) is 0 Å². The van der Waals surface area contributed by atoms with E-state index in [1.807, 2.05) is 0 Å². The lowest BCUT2D eigenvalue weighted by atomic mass is 9.96. The van der Waals surface area contributed by atoms with Gasteiger partial charge in [0.1, 0.15) is 0 Å². The van der Waals surface area contributed by atoms with E-state index >= 15 is 0 Å². The summed E-state index contributed by atoms with van der Waals surface area (Å²) < 4.78 is 0. The van der Waals surface area contributed by atoms with Crippen LogP contribution in [0.4, 0.5) is 0 Å². The Hall–Kier alpha value is -0.0151. The molecule has 0 aromatic carbocycles. The van der Waals surface area contributed by atoms with Gasteiger partial charge in [0.25, 0.3) is 0 Å². The van der Waals surface area contributed by atoms with Gasteiger partial charge in [-0.05, 0) is 66.2 Å². The van der Waals surface area contributed by atoms with Crippen LogP contribution in [0.3, 0.4) is 0 Å². The van der Waals surface area contributed by atoms with Gasteiger partial charge in [-0.2, -0.15) is 0 Å². The molecule has 3 heteroatoms. The number of hydrogen-bond acceptors (Lipinski definition) is 2. The molecule has 0 rings (SSSR count). The highest BCUT2D eigenvalue weighted by molar-refractivity contribution is 6.11. The molecule has 0 spiro atoms. The van der Waals surface area contributed by atoms with E-state index in [4.69, 9.17) is 7.85 Å². The van der Waals surface area contributed by atoms with Crippen molar-refractivity contribution < 1.29 is 0 Å². The highest BCUT2D eigenvalue weighted by Gasteiger charge is 2.16. The van der Waals surface area contributed by atoms with Crippen LogP contribution in [0.15, 0.2) is 0 Å². The summed E-state index contributed by atoms with van der Waals surface area (Å²) >= 11 is 0. The number of nitrogens with zero attached hydrogens (tertiary/aromatic N) is 2. The molecule has 1 atom stereocenters. The van der Waals surface area contributed by atoms with Gasteiger partial charge in [-0.3, -0.25) is 0 Å². The van der Waals surface area contributed by atoms with Crippen LogP contribution in [0.5, 0.6) is 0 Å². The molecule has 0 fully saturated rings. The van der Waals surface area contributed by atoms with Gasteiger partial charge in [-0.1, -0.05) is 13.8 Å². The average Bonchev–Trinajstić information content (AvgIpc) is 2.14. The molecular weight excluding hydrogens is 195 g/mol. The second-order valence-corrected chi connectivity index (χ2v) is 5.72. The van der Waals surface area contributed by atoms with Crippen molar-refractivity contribution in [2.75, 3.05) is 26.7 Å². The van der Waals surface area contributed by atoms with Gasteiger partial charge >= 0.3 is 0 Å². The molecule has 0 heterocycles. The molecule has 0 saturated carbocycles. The molecule has 0 aliphatic carbocycles. The molecule has 0 aromatic heterocycles. The fourth-order valence-corrected chi connectivity index (χ4v) is 1.65. The Balaban J connectivity index is 3.86. The lowest BCUT2D eigenvalue weighted by Gasteiger charge is -2.33. The standard InChI is InChI=1S/C13H29BN2/c1-7-9-16(12(2)14)11-8-10-15(6)13(3,4)5/h12H,7-11H2,1-6H3. The SMILES string of the molecule is [B]C(C)N(CCC)CCCN(C)C(C)(C)C. The van der Waals surface area contributed by atoms with Crippen molar-refractivity contribution in [2.45, 2.75) is 58.9 Å². The Kier molecular flexibility index (Phi) is 7.33. The lowest BCUT2D eigenvalue weighted by molar-refractivity contribution is 0.160. The molecule has 16 heavy (non-hydrogen) atoms. The van der Waals surface area contributed by atoms with Gasteiger partial charge in [0.15, 0.2) is 0 Å². The maximum Gasteiger partial charge on any atom is 0.0906 e. The second-order valence-electron chi connectivity index (χ2n) is 5.72. The number of hydrogen-bond donors (Lipinski definition) is 0. The Morgan fingerprint density at radius 2 is 1.69 bits per heavy atom. The first-order chi connectivity index (χ1) is 7.29. The molecule has 2 radical (unpaired) electrons. The van der Waals surface area contributed by atoms with E-state index in [1.54, 1.807) is 0 Å². The fraction of sp³-hybridized carbons (Fsp3) is 1.00. The summed E-state index contributed by atoms with van der Waals surface area (Å²) in [4.78, 5) is 4.76. The van der Waals surface area contributed by atoms with Crippen molar-refractivity contribution >= 4 is 7.85 Å². The lowest BCUT2D eigenvalue weighted by Crippen LogP contribution is -2.41.